The van der Waals surface area contributed by atoms with Crippen LogP contribution in [0.2, 0.25) is 0 Å². The number of aryl methyl sites for hydroxylation is 1. The number of anilines is 1. The Kier molecular flexibility index (Phi) is 3.88. The molecule has 0 saturated carbocycles. The molecule has 3 heteroatoms. The van der Waals surface area contributed by atoms with Crippen LogP contribution in [0.3, 0.4) is 0 Å². The van der Waals surface area contributed by atoms with Crippen LogP contribution < -0.4 is 4.90 Å². The van der Waals surface area contributed by atoms with E-state index in [2.05, 4.69) is 40.8 Å². The number of fused-ring (bicyclic) bond motifs is 1. The molecule has 1 aromatic carbocycles. The predicted octanol–water partition coefficient (Wildman–Crippen LogP) is 2.76. The quantitative estimate of drug-likeness (QED) is 0.796. The Morgan fingerprint density at radius 2 is 2.24 bits per heavy atom. The second-order valence-corrected chi connectivity index (χ2v) is 5.87. The fraction of sp³-hybridized carbons (Fsp3) is 0.500. The Bertz CT molecular complexity index is 587. The molecule has 1 aromatic rings. The molecule has 0 aliphatic carbocycles. The van der Waals surface area contributed by atoms with Crippen LogP contribution in [0.25, 0.3) is 0 Å². The summed E-state index contributed by atoms with van der Waals surface area (Å²) in [5.74, 6) is 3.05. The second kappa shape index (κ2) is 5.81. The van der Waals surface area contributed by atoms with Crippen LogP contribution in [0.5, 0.6) is 0 Å². The summed E-state index contributed by atoms with van der Waals surface area (Å²) in [4.78, 5) is 16.5. The van der Waals surface area contributed by atoms with Crippen molar-refractivity contribution in [3.8, 4) is 12.3 Å². The van der Waals surface area contributed by atoms with Crippen molar-refractivity contribution in [1.82, 2.24) is 4.90 Å². The number of nitrogens with zero attached hydrogens (tertiary/aromatic N) is 2. The van der Waals surface area contributed by atoms with E-state index in [0.717, 1.165) is 32.4 Å². The van der Waals surface area contributed by atoms with E-state index in [1.54, 1.807) is 0 Å². The summed E-state index contributed by atoms with van der Waals surface area (Å²) in [7, 11) is 0. The third kappa shape index (κ3) is 2.51. The molecule has 0 spiro atoms. The lowest BCUT2D eigenvalue weighted by Crippen LogP contribution is -2.39. The number of carbonyl (C=O) groups is 1. The number of hydrogen-bond acceptors (Lipinski definition) is 2. The maximum Gasteiger partial charge on any atom is 0.223 e. The van der Waals surface area contributed by atoms with Gasteiger partial charge in [0.2, 0.25) is 5.91 Å². The van der Waals surface area contributed by atoms with Crippen molar-refractivity contribution in [3.63, 3.8) is 0 Å². The summed E-state index contributed by atoms with van der Waals surface area (Å²) < 4.78 is 0. The van der Waals surface area contributed by atoms with Crippen LogP contribution >= 0.6 is 0 Å². The normalized spacial score (nSPS) is 21.3. The third-order valence-corrected chi connectivity index (χ3v) is 4.64. The van der Waals surface area contributed by atoms with Crippen molar-refractivity contribution >= 4 is 11.6 Å². The Morgan fingerprint density at radius 1 is 1.38 bits per heavy atom. The van der Waals surface area contributed by atoms with Gasteiger partial charge in [0.1, 0.15) is 0 Å². The van der Waals surface area contributed by atoms with Crippen molar-refractivity contribution in [2.24, 2.45) is 0 Å². The van der Waals surface area contributed by atoms with Gasteiger partial charge in [-0.3, -0.25) is 4.79 Å². The van der Waals surface area contributed by atoms with E-state index >= 15 is 0 Å². The lowest BCUT2D eigenvalue weighted by atomic mass is 9.92. The summed E-state index contributed by atoms with van der Waals surface area (Å²) in [6, 6.07) is 6.86. The molecule has 1 atom stereocenters. The van der Waals surface area contributed by atoms with Gasteiger partial charge in [0.15, 0.2) is 0 Å². The fourth-order valence-corrected chi connectivity index (χ4v) is 3.53. The highest BCUT2D eigenvalue weighted by Gasteiger charge is 2.34. The molecule has 3 rings (SSSR count). The van der Waals surface area contributed by atoms with Crippen molar-refractivity contribution in [2.75, 3.05) is 24.5 Å². The molecule has 1 unspecified atom stereocenters. The molecule has 1 saturated heterocycles. The number of benzene rings is 1. The summed E-state index contributed by atoms with van der Waals surface area (Å²) >= 11 is 0. The Morgan fingerprint density at radius 3 is 2.90 bits per heavy atom. The van der Waals surface area contributed by atoms with Gasteiger partial charge in [-0.15, -0.1) is 6.42 Å². The monoisotopic (exact) mass is 282 g/mol. The van der Waals surface area contributed by atoms with Gasteiger partial charge in [-0.05, 0) is 36.5 Å². The van der Waals surface area contributed by atoms with Crippen LogP contribution in [0, 0.1) is 12.3 Å². The number of carbonyl (C=O) groups excluding carboxylic acids is 1. The topological polar surface area (TPSA) is 23.6 Å². The minimum absolute atomic E-state index is 0.232. The largest absolute Gasteiger partial charge is 0.360 e. The van der Waals surface area contributed by atoms with E-state index in [1.807, 2.05) is 0 Å². The van der Waals surface area contributed by atoms with E-state index in [9.17, 15) is 4.79 Å². The van der Waals surface area contributed by atoms with Crippen molar-refractivity contribution in [2.45, 2.75) is 38.6 Å². The molecule has 0 N–H and O–H groups in total. The highest BCUT2D eigenvalue weighted by atomic mass is 16.2. The summed E-state index contributed by atoms with van der Waals surface area (Å²) in [6.07, 6.45) is 9.19. The predicted molar refractivity (Wildman–Crippen MR) is 85.2 cm³/mol. The lowest BCUT2D eigenvalue weighted by molar-refractivity contribution is -0.130. The van der Waals surface area contributed by atoms with Gasteiger partial charge in [0.25, 0.3) is 0 Å². The third-order valence-electron chi connectivity index (χ3n) is 4.64. The zero-order chi connectivity index (χ0) is 14.8. The molecule has 2 heterocycles. The summed E-state index contributed by atoms with van der Waals surface area (Å²) in [5.41, 5.74) is 3.82. The number of rotatable bonds is 3. The highest BCUT2D eigenvalue weighted by molar-refractivity contribution is 5.79. The first-order valence-electron chi connectivity index (χ1n) is 7.85. The summed E-state index contributed by atoms with van der Waals surface area (Å²) in [6.45, 7) is 4.63. The molecule has 0 aromatic heterocycles. The van der Waals surface area contributed by atoms with Crippen molar-refractivity contribution < 1.29 is 4.79 Å². The van der Waals surface area contributed by atoms with E-state index in [1.165, 1.54) is 16.8 Å². The number of likely N-dealkylation sites (tertiary alicyclic amines) is 1. The first kappa shape index (κ1) is 14.0. The minimum Gasteiger partial charge on any atom is -0.360 e. The number of terminal acetylenes is 1. The molecule has 1 fully saturated rings. The van der Waals surface area contributed by atoms with Gasteiger partial charge in [-0.2, -0.15) is 0 Å². The van der Waals surface area contributed by atoms with Crippen molar-refractivity contribution in [3.05, 3.63) is 29.3 Å². The maximum absolute atomic E-state index is 12.1. The van der Waals surface area contributed by atoms with E-state index < -0.39 is 0 Å². The molecule has 0 radical (unpaired) electrons. The van der Waals surface area contributed by atoms with Crippen LogP contribution in [0.15, 0.2) is 18.2 Å². The fourth-order valence-electron chi connectivity index (χ4n) is 3.53. The van der Waals surface area contributed by atoms with Gasteiger partial charge < -0.3 is 9.80 Å². The van der Waals surface area contributed by atoms with Gasteiger partial charge >= 0.3 is 0 Å². The van der Waals surface area contributed by atoms with E-state index in [4.69, 9.17) is 6.42 Å². The smallest absolute Gasteiger partial charge is 0.223 e. The average Bonchev–Trinajstić information content (AvgIpc) is 2.93. The Hall–Kier alpha value is -1.95. The van der Waals surface area contributed by atoms with Gasteiger partial charge in [-0.1, -0.05) is 25.0 Å². The maximum atomic E-state index is 12.1. The van der Waals surface area contributed by atoms with E-state index in [-0.39, 0.29) is 6.04 Å². The molecule has 2 aliphatic rings. The van der Waals surface area contributed by atoms with Gasteiger partial charge in [0.05, 0.1) is 12.6 Å². The molecular weight excluding hydrogens is 260 g/mol. The van der Waals surface area contributed by atoms with Crippen molar-refractivity contribution in [1.29, 1.82) is 0 Å². The SMILES string of the molecule is C#CCN1CCC(N2CCCC2=O)c2cc(CC)ccc21. The molecule has 2 aliphatic heterocycles. The first-order chi connectivity index (χ1) is 10.2. The zero-order valence-electron chi connectivity index (χ0n) is 12.6. The molecule has 21 heavy (non-hydrogen) atoms. The van der Waals surface area contributed by atoms with Crippen LogP contribution in [0.1, 0.15) is 43.4 Å². The Balaban J connectivity index is 2.00. The zero-order valence-corrected chi connectivity index (χ0v) is 12.6. The molecule has 0 bridgehead atoms. The number of hydrogen-bond donors (Lipinski definition) is 0. The molecule has 3 nitrogen and oxygen atoms in total. The first-order valence-corrected chi connectivity index (χ1v) is 7.85. The van der Waals surface area contributed by atoms with Crippen LogP contribution in [0.4, 0.5) is 5.69 Å². The standard InChI is InChI=1S/C18H22N2O/c1-3-10-19-12-9-17(20-11-5-6-18(20)21)15-13-14(4-2)7-8-16(15)19/h1,7-8,13,17H,4-6,9-12H2,2H3. The molecular formula is C18H22N2O. The summed E-state index contributed by atoms with van der Waals surface area (Å²) in [5, 5.41) is 0. The lowest BCUT2D eigenvalue weighted by Gasteiger charge is -2.39. The van der Waals surface area contributed by atoms with Crippen LogP contribution in [-0.4, -0.2) is 30.4 Å². The second-order valence-electron chi connectivity index (χ2n) is 5.87. The molecule has 1 amide bonds. The van der Waals surface area contributed by atoms with Crippen LogP contribution in [-0.2, 0) is 11.2 Å². The highest BCUT2D eigenvalue weighted by Crippen LogP contribution is 2.39. The Labute approximate surface area is 126 Å². The average molecular weight is 282 g/mol. The molecule has 110 valence electrons. The van der Waals surface area contributed by atoms with E-state index in [0.29, 0.717) is 18.9 Å². The van der Waals surface area contributed by atoms with Gasteiger partial charge in [-0.25, -0.2) is 0 Å². The van der Waals surface area contributed by atoms with Gasteiger partial charge in [0, 0.05) is 25.2 Å². The number of amides is 1. The minimum atomic E-state index is 0.232.